The SMILES string of the molecule is Cc1c(Br)cccc1C(=O)N1CCCCC1C(N)=O. The summed E-state index contributed by atoms with van der Waals surface area (Å²) in [5.41, 5.74) is 6.92. The Bertz CT molecular complexity index is 516. The van der Waals surface area contributed by atoms with Crippen LogP contribution in [0.4, 0.5) is 0 Å². The van der Waals surface area contributed by atoms with Crippen molar-refractivity contribution in [1.82, 2.24) is 4.90 Å². The fourth-order valence-corrected chi connectivity index (χ4v) is 2.83. The maximum atomic E-state index is 12.6. The number of nitrogens with two attached hydrogens (primary N) is 1. The molecule has 1 heterocycles. The van der Waals surface area contributed by atoms with E-state index in [1.54, 1.807) is 11.0 Å². The zero-order chi connectivity index (χ0) is 14.0. The summed E-state index contributed by atoms with van der Waals surface area (Å²) < 4.78 is 0.894. The summed E-state index contributed by atoms with van der Waals surface area (Å²) in [6.07, 6.45) is 2.52. The fraction of sp³-hybridized carbons (Fsp3) is 0.429. The third-order valence-electron chi connectivity index (χ3n) is 3.59. The third-order valence-corrected chi connectivity index (χ3v) is 4.45. The van der Waals surface area contributed by atoms with E-state index in [0.717, 1.165) is 22.9 Å². The molecule has 4 nitrogen and oxygen atoms in total. The van der Waals surface area contributed by atoms with Crippen molar-refractivity contribution in [2.75, 3.05) is 6.54 Å². The van der Waals surface area contributed by atoms with Gasteiger partial charge in [0.15, 0.2) is 0 Å². The first-order valence-electron chi connectivity index (χ1n) is 6.37. The van der Waals surface area contributed by atoms with Gasteiger partial charge in [-0.1, -0.05) is 22.0 Å². The highest BCUT2D eigenvalue weighted by atomic mass is 79.9. The van der Waals surface area contributed by atoms with Gasteiger partial charge in [-0.25, -0.2) is 0 Å². The number of amides is 2. The van der Waals surface area contributed by atoms with Gasteiger partial charge in [0.1, 0.15) is 6.04 Å². The first-order valence-corrected chi connectivity index (χ1v) is 7.17. The number of rotatable bonds is 2. The van der Waals surface area contributed by atoms with Gasteiger partial charge in [0.05, 0.1) is 0 Å². The number of likely N-dealkylation sites (tertiary alicyclic amines) is 1. The number of piperidine rings is 1. The van der Waals surface area contributed by atoms with Crippen molar-refractivity contribution >= 4 is 27.7 Å². The third kappa shape index (κ3) is 2.81. The zero-order valence-electron chi connectivity index (χ0n) is 10.9. The van der Waals surface area contributed by atoms with Crippen LogP contribution < -0.4 is 5.73 Å². The van der Waals surface area contributed by atoms with Gasteiger partial charge in [0.25, 0.3) is 5.91 Å². The van der Waals surface area contributed by atoms with E-state index in [2.05, 4.69) is 15.9 Å². The number of hydrogen-bond donors (Lipinski definition) is 1. The fourth-order valence-electron chi connectivity index (χ4n) is 2.46. The van der Waals surface area contributed by atoms with Crippen LogP contribution in [-0.4, -0.2) is 29.3 Å². The lowest BCUT2D eigenvalue weighted by Gasteiger charge is -2.34. The Morgan fingerprint density at radius 1 is 1.37 bits per heavy atom. The Morgan fingerprint density at radius 2 is 2.11 bits per heavy atom. The maximum Gasteiger partial charge on any atom is 0.254 e. The number of carbonyl (C=O) groups excluding carboxylic acids is 2. The van der Waals surface area contributed by atoms with Crippen LogP contribution in [0.1, 0.15) is 35.2 Å². The summed E-state index contributed by atoms with van der Waals surface area (Å²) in [6, 6.07) is 5.04. The summed E-state index contributed by atoms with van der Waals surface area (Å²) in [5, 5.41) is 0. The number of primary amides is 1. The van der Waals surface area contributed by atoms with Gasteiger partial charge in [-0.3, -0.25) is 9.59 Å². The molecule has 102 valence electrons. The molecular formula is C14H17BrN2O2. The second-order valence-electron chi connectivity index (χ2n) is 4.82. The molecular weight excluding hydrogens is 308 g/mol. The Labute approximate surface area is 121 Å². The van der Waals surface area contributed by atoms with E-state index in [0.29, 0.717) is 18.5 Å². The number of benzene rings is 1. The molecule has 0 radical (unpaired) electrons. The monoisotopic (exact) mass is 324 g/mol. The van der Waals surface area contributed by atoms with Crippen molar-refractivity contribution in [2.45, 2.75) is 32.2 Å². The van der Waals surface area contributed by atoms with E-state index in [9.17, 15) is 9.59 Å². The number of hydrogen-bond acceptors (Lipinski definition) is 2. The molecule has 19 heavy (non-hydrogen) atoms. The van der Waals surface area contributed by atoms with Crippen LogP contribution in [0.2, 0.25) is 0 Å². The summed E-state index contributed by atoms with van der Waals surface area (Å²) in [6.45, 7) is 2.49. The quantitative estimate of drug-likeness (QED) is 0.906. The average Bonchev–Trinajstić information content (AvgIpc) is 2.41. The topological polar surface area (TPSA) is 63.4 Å². The first-order chi connectivity index (χ1) is 9.02. The number of carbonyl (C=O) groups is 2. The molecule has 1 aromatic carbocycles. The van der Waals surface area contributed by atoms with Crippen molar-refractivity contribution < 1.29 is 9.59 Å². The van der Waals surface area contributed by atoms with Gasteiger partial charge in [0, 0.05) is 16.6 Å². The van der Waals surface area contributed by atoms with Crippen LogP contribution in [0.25, 0.3) is 0 Å². The molecule has 1 aromatic rings. The Balaban J connectivity index is 2.31. The minimum atomic E-state index is -0.473. The summed E-state index contributed by atoms with van der Waals surface area (Å²) in [7, 11) is 0. The van der Waals surface area contributed by atoms with Gasteiger partial charge >= 0.3 is 0 Å². The molecule has 1 aliphatic rings. The second kappa shape index (κ2) is 5.74. The van der Waals surface area contributed by atoms with Crippen LogP contribution in [0.3, 0.4) is 0 Å². The molecule has 1 atom stereocenters. The minimum absolute atomic E-state index is 0.109. The highest BCUT2D eigenvalue weighted by Crippen LogP contribution is 2.24. The van der Waals surface area contributed by atoms with Gasteiger partial charge in [-0.2, -0.15) is 0 Å². The summed E-state index contributed by atoms with van der Waals surface area (Å²) in [5.74, 6) is -0.525. The predicted octanol–water partition coefficient (Wildman–Crippen LogP) is 2.24. The van der Waals surface area contributed by atoms with Crippen molar-refractivity contribution in [3.05, 3.63) is 33.8 Å². The van der Waals surface area contributed by atoms with E-state index in [1.165, 1.54) is 0 Å². The van der Waals surface area contributed by atoms with Crippen LogP contribution in [0, 0.1) is 6.92 Å². The zero-order valence-corrected chi connectivity index (χ0v) is 12.4. The van der Waals surface area contributed by atoms with Crippen molar-refractivity contribution in [1.29, 1.82) is 0 Å². The molecule has 1 fully saturated rings. The van der Waals surface area contributed by atoms with E-state index in [-0.39, 0.29) is 5.91 Å². The van der Waals surface area contributed by atoms with Crippen molar-refractivity contribution in [2.24, 2.45) is 5.73 Å². The summed E-state index contributed by atoms with van der Waals surface area (Å²) in [4.78, 5) is 25.7. The second-order valence-corrected chi connectivity index (χ2v) is 5.68. The smallest absolute Gasteiger partial charge is 0.254 e. The molecule has 0 aromatic heterocycles. The van der Waals surface area contributed by atoms with Crippen LogP contribution >= 0.6 is 15.9 Å². The molecule has 2 N–H and O–H groups in total. The number of halogens is 1. The predicted molar refractivity (Wildman–Crippen MR) is 76.7 cm³/mol. The van der Waals surface area contributed by atoms with E-state index in [4.69, 9.17) is 5.73 Å². The van der Waals surface area contributed by atoms with Crippen LogP contribution in [-0.2, 0) is 4.79 Å². The summed E-state index contributed by atoms with van der Waals surface area (Å²) >= 11 is 3.42. The van der Waals surface area contributed by atoms with E-state index in [1.807, 2.05) is 19.1 Å². The average molecular weight is 325 g/mol. The Morgan fingerprint density at radius 3 is 2.79 bits per heavy atom. The Hall–Kier alpha value is -1.36. The van der Waals surface area contributed by atoms with Crippen molar-refractivity contribution in [3.63, 3.8) is 0 Å². The van der Waals surface area contributed by atoms with Gasteiger partial charge < -0.3 is 10.6 Å². The molecule has 0 bridgehead atoms. The molecule has 0 spiro atoms. The maximum absolute atomic E-state index is 12.6. The Kier molecular flexibility index (Phi) is 4.24. The first kappa shape index (κ1) is 14.1. The molecule has 2 amide bonds. The van der Waals surface area contributed by atoms with E-state index >= 15 is 0 Å². The molecule has 1 unspecified atom stereocenters. The molecule has 0 saturated carbocycles. The van der Waals surface area contributed by atoms with Gasteiger partial charge in [-0.05, 0) is 43.9 Å². The highest BCUT2D eigenvalue weighted by Gasteiger charge is 2.31. The molecule has 1 aliphatic heterocycles. The standard InChI is InChI=1S/C14H17BrN2O2/c1-9-10(5-4-6-11(9)15)14(19)17-8-3-2-7-12(17)13(16)18/h4-6,12H,2-3,7-8H2,1H3,(H2,16,18). The number of nitrogens with zero attached hydrogens (tertiary/aromatic N) is 1. The lowest BCUT2D eigenvalue weighted by atomic mass is 9.99. The molecule has 0 aliphatic carbocycles. The normalized spacial score (nSPS) is 19.3. The van der Waals surface area contributed by atoms with E-state index < -0.39 is 11.9 Å². The van der Waals surface area contributed by atoms with Crippen LogP contribution in [0.15, 0.2) is 22.7 Å². The van der Waals surface area contributed by atoms with Gasteiger partial charge in [-0.15, -0.1) is 0 Å². The molecule has 1 saturated heterocycles. The minimum Gasteiger partial charge on any atom is -0.368 e. The highest BCUT2D eigenvalue weighted by molar-refractivity contribution is 9.10. The lowest BCUT2D eigenvalue weighted by molar-refractivity contribution is -0.123. The molecule has 2 rings (SSSR count). The lowest BCUT2D eigenvalue weighted by Crippen LogP contribution is -2.50. The van der Waals surface area contributed by atoms with Crippen LogP contribution in [0.5, 0.6) is 0 Å². The van der Waals surface area contributed by atoms with Crippen molar-refractivity contribution in [3.8, 4) is 0 Å². The van der Waals surface area contributed by atoms with Gasteiger partial charge in [0.2, 0.25) is 5.91 Å². The molecule has 5 heteroatoms. The largest absolute Gasteiger partial charge is 0.368 e.